The Bertz CT molecular complexity index is 911. The lowest BCUT2D eigenvalue weighted by atomic mass is 9.86. The van der Waals surface area contributed by atoms with Crippen LogP contribution in [-0.4, -0.2) is 59.0 Å². The first-order valence-corrected chi connectivity index (χ1v) is 10.6. The Morgan fingerprint density at radius 2 is 1.27 bits per heavy atom. The standard InChI is InChI=1S/C14H12O3.C12H17NO2.ClH/c15-13(16)14(17,11-7-3-1-4-8-11)12-9-5-2-6-10-12;14-12(11-4-2-1-3-5-11)10-13-6-8-15-9-7-13;/h1-10,17H,(H,15,16);1-5,12,14H,6-10H2;1H. The zero-order valence-corrected chi connectivity index (χ0v) is 19.1. The molecule has 0 spiro atoms. The van der Waals surface area contributed by atoms with E-state index in [0.717, 1.165) is 31.9 Å². The second-order valence-corrected chi connectivity index (χ2v) is 7.59. The van der Waals surface area contributed by atoms with Crippen molar-refractivity contribution in [1.82, 2.24) is 4.90 Å². The molecule has 1 saturated heterocycles. The molecule has 1 unspecified atom stereocenters. The van der Waals surface area contributed by atoms with Crippen LogP contribution in [0, 0.1) is 0 Å². The van der Waals surface area contributed by atoms with Crippen LogP contribution >= 0.6 is 12.4 Å². The number of hydrogen-bond acceptors (Lipinski definition) is 5. The van der Waals surface area contributed by atoms with Gasteiger partial charge in [-0.25, -0.2) is 4.79 Å². The number of aliphatic carboxylic acids is 1. The molecule has 3 aromatic rings. The second kappa shape index (κ2) is 13.1. The smallest absolute Gasteiger partial charge is 0.345 e. The van der Waals surface area contributed by atoms with Crippen molar-refractivity contribution >= 4 is 18.4 Å². The average molecular weight is 472 g/mol. The highest BCUT2D eigenvalue weighted by molar-refractivity contribution is 5.85. The summed E-state index contributed by atoms with van der Waals surface area (Å²) in [6.45, 7) is 4.10. The minimum atomic E-state index is -2.00. The number of β-amino-alcohol motifs (C(OH)–C–C–N with tert-alkyl or cyclic N) is 1. The number of aliphatic hydroxyl groups excluding tert-OH is 1. The van der Waals surface area contributed by atoms with Gasteiger partial charge in [-0.1, -0.05) is 91.0 Å². The molecule has 176 valence electrons. The number of ether oxygens (including phenoxy) is 1. The molecule has 7 heteroatoms. The normalized spacial score (nSPS) is 14.8. The van der Waals surface area contributed by atoms with Crippen LogP contribution in [0.25, 0.3) is 0 Å². The van der Waals surface area contributed by atoms with Crippen molar-refractivity contribution in [1.29, 1.82) is 0 Å². The topological polar surface area (TPSA) is 90.2 Å². The molecule has 1 atom stereocenters. The van der Waals surface area contributed by atoms with Crippen molar-refractivity contribution < 1.29 is 24.9 Å². The van der Waals surface area contributed by atoms with Crippen molar-refractivity contribution in [3.63, 3.8) is 0 Å². The van der Waals surface area contributed by atoms with Crippen LogP contribution in [0.15, 0.2) is 91.0 Å². The summed E-state index contributed by atoms with van der Waals surface area (Å²) in [5, 5.41) is 29.7. The Morgan fingerprint density at radius 1 is 0.848 bits per heavy atom. The highest BCUT2D eigenvalue weighted by Gasteiger charge is 2.39. The highest BCUT2D eigenvalue weighted by Crippen LogP contribution is 2.29. The number of rotatable bonds is 6. The van der Waals surface area contributed by atoms with Gasteiger partial charge >= 0.3 is 5.97 Å². The molecule has 0 bridgehead atoms. The molecular weight excluding hydrogens is 442 g/mol. The molecule has 33 heavy (non-hydrogen) atoms. The summed E-state index contributed by atoms with van der Waals surface area (Å²) in [5.74, 6) is -1.28. The molecule has 4 rings (SSSR count). The minimum Gasteiger partial charge on any atom is -0.479 e. The van der Waals surface area contributed by atoms with E-state index in [9.17, 15) is 20.1 Å². The number of aliphatic hydroxyl groups is 2. The Hall–Kier alpha value is -2.74. The van der Waals surface area contributed by atoms with Gasteiger partial charge < -0.3 is 20.1 Å². The quantitative estimate of drug-likeness (QED) is 0.510. The summed E-state index contributed by atoms with van der Waals surface area (Å²) in [6, 6.07) is 26.5. The van der Waals surface area contributed by atoms with Crippen LogP contribution < -0.4 is 0 Å². The predicted octanol–water partition coefficient (Wildman–Crippen LogP) is 3.48. The lowest BCUT2D eigenvalue weighted by molar-refractivity contribution is -0.155. The number of hydrogen-bond donors (Lipinski definition) is 3. The fraction of sp³-hybridized carbons (Fsp3) is 0.269. The molecule has 1 fully saturated rings. The van der Waals surface area contributed by atoms with Gasteiger partial charge in [-0.2, -0.15) is 0 Å². The molecule has 0 aromatic heterocycles. The number of carboxylic acid groups (broad SMARTS) is 1. The molecule has 1 aliphatic heterocycles. The van der Waals surface area contributed by atoms with Crippen LogP contribution in [0.3, 0.4) is 0 Å². The maximum atomic E-state index is 11.4. The fourth-order valence-electron chi connectivity index (χ4n) is 3.58. The van der Waals surface area contributed by atoms with E-state index in [1.165, 1.54) is 0 Å². The van der Waals surface area contributed by atoms with Gasteiger partial charge in [0.2, 0.25) is 5.60 Å². The third-order valence-corrected chi connectivity index (χ3v) is 5.41. The van der Waals surface area contributed by atoms with E-state index in [1.807, 2.05) is 30.3 Å². The van der Waals surface area contributed by atoms with Crippen molar-refractivity contribution in [2.45, 2.75) is 11.7 Å². The zero-order valence-electron chi connectivity index (χ0n) is 18.3. The number of carboxylic acids is 1. The van der Waals surface area contributed by atoms with Crippen LogP contribution in [-0.2, 0) is 15.1 Å². The second-order valence-electron chi connectivity index (χ2n) is 7.59. The summed E-state index contributed by atoms with van der Waals surface area (Å²) in [7, 11) is 0. The minimum absolute atomic E-state index is 0. The van der Waals surface area contributed by atoms with Gasteiger partial charge in [0.25, 0.3) is 0 Å². The van der Waals surface area contributed by atoms with E-state index < -0.39 is 11.6 Å². The van der Waals surface area contributed by atoms with Gasteiger partial charge in [-0.15, -0.1) is 12.4 Å². The summed E-state index contributed by atoms with van der Waals surface area (Å²) in [5.41, 5.74) is -0.316. The molecule has 0 saturated carbocycles. The monoisotopic (exact) mass is 471 g/mol. The Morgan fingerprint density at radius 3 is 1.70 bits per heavy atom. The predicted molar refractivity (Wildman–Crippen MR) is 129 cm³/mol. The van der Waals surface area contributed by atoms with E-state index in [-0.39, 0.29) is 18.5 Å². The Balaban J connectivity index is 0.000000228. The summed E-state index contributed by atoms with van der Waals surface area (Å²) in [6.07, 6.45) is -0.385. The molecule has 3 N–H and O–H groups in total. The molecule has 0 aliphatic carbocycles. The van der Waals surface area contributed by atoms with Gasteiger partial charge in [0.05, 0.1) is 19.3 Å². The van der Waals surface area contributed by atoms with Crippen molar-refractivity contribution in [2.24, 2.45) is 0 Å². The number of morpholine rings is 1. The summed E-state index contributed by atoms with van der Waals surface area (Å²) >= 11 is 0. The van der Waals surface area contributed by atoms with Crippen molar-refractivity contribution in [2.75, 3.05) is 32.8 Å². The molecule has 0 amide bonds. The van der Waals surface area contributed by atoms with Crippen molar-refractivity contribution in [3.05, 3.63) is 108 Å². The third-order valence-electron chi connectivity index (χ3n) is 5.41. The first-order chi connectivity index (χ1) is 15.5. The lowest BCUT2D eigenvalue weighted by Crippen LogP contribution is -2.38. The summed E-state index contributed by atoms with van der Waals surface area (Å²) in [4.78, 5) is 13.6. The van der Waals surface area contributed by atoms with Crippen LogP contribution in [0.1, 0.15) is 22.8 Å². The van der Waals surface area contributed by atoms with Crippen molar-refractivity contribution in [3.8, 4) is 0 Å². The summed E-state index contributed by atoms with van der Waals surface area (Å²) < 4.78 is 5.26. The molecule has 1 aliphatic rings. The number of halogens is 1. The van der Waals surface area contributed by atoms with E-state index >= 15 is 0 Å². The Kier molecular flexibility index (Phi) is 10.5. The number of carbonyl (C=O) groups is 1. The van der Waals surface area contributed by atoms with Gasteiger partial charge in [0.1, 0.15) is 0 Å². The van der Waals surface area contributed by atoms with Gasteiger partial charge in [0.15, 0.2) is 0 Å². The third kappa shape index (κ3) is 7.12. The SMILES string of the molecule is Cl.O=C(O)C(O)(c1ccccc1)c1ccccc1.OC(CN1CCOCC1)c1ccccc1. The maximum Gasteiger partial charge on any atom is 0.345 e. The fourth-order valence-corrected chi connectivity index (χ4v) is 3.58. The molecule has 3 aromatic carbocycles. The van der Waals surface area contributed by atoms with Crippen LogP contribution in [0.2, 0.25) is 0 Å². The largest absolute Gasteiger partial charge is 0.479 e. The highest BCUT2D eigenvalue weighted by atomic mass is 35.5. The van der Waals surface area contributed by atoms with E-state index in [0.29, 0.717) is 17.7 Å². The van der Waals surface area contributed by atoms with Crippen LogP contribution in [0.5, 0.6) is 0 Å². The first kappa shape index (κ1) is 26.5. The average Bonchev–Trinajstić information content (AvgIpc) is 2.86. The molecule has 0 radical (unpaired) electrons. The lowest BCUT2D eigenvalue weighted by Gasteiger charge is -2.28. The van der Waals surface area contributed by atoms with E-state index in [4.69, 9.17) is 4.74 Å². The number of nitrogens with zero attached hydrogens (tertiary/aromatic N) is 1. The van der Waals surface area contributed by atoms with Gasteiger partial charge in [-0.05, 0) is 16.7 Å². The number of benzene rings is 3. The molecular formula is C26H30ClNO5. The van der Waals surface area contributed by atoms with Gasteiger partial charge in [0, 0.05) is 19.6 Å². The maximum absolute atomic E-state index is 11.4. The van der Waals surface area contributed by atoms with Crippen LogP contribution in [0.4, 0.5) is 0 Å². The Labute approximate surface area is 200 Å². The molecule has 6 nitrogen and oxygen atoms in total. The first-order valence-electron chi connectivity index (χ1n) is 10.6. The van der Waals surface area contributed by atoms with E-state index in [2.05, 4.69) is 4.90 Å². The van der Waals surface area contributed by atoms with E-state index in [1.54, 1.807) is 60.7 Å². The zero-order chi connectivity index (χ0) is 22.8. The molecule has 1 heterocycles. The van der Waals surface area contributed by atoms with Gasteiger partial charge in [-0.3, -0.25) is 4.90 Å².